The zero-order valence-corrected chi connectivity index (χ0v) is 15.9. The molecule has 6 nitrogen and oxygen atoms in total. The summed E-state index contributed by atoms with van der Waals surface area (Å²) in [5, 5.41) is 0.674. The number of carbonyl (C=O) groups excluding carboxylic acids is 2. The van der Waals surface area contributed by atoms with Crippen LogP contribution in [0.2, 0.25) is 0 Å². The van der Waals surface area contributed by atoms with Gasteiger partial charge in [-0.25, -0.2) is 9.37 Å². The van der Waals surface area contributed by atoms with Crippen LogP contribution in [0.4, 0.5) is 4.39 Å². The summed E-state index contributed by atoms with van der Waals surface area (Å²) in [6, 6.07) is 6.02. The van der Waals surface area contributed by atoms with Gasteiger partial charge in [0.25, 0.3) is 5.91 Å². The van der Waals surface area contributed by atoms with Crippen LogP contribution >= 0.6 is 11.8 Å². The minimum absolute atomic E-state index is 0.120. The van der Waals surface area contributed by atoms with Crippen LogP contribution in [0, 0.1) is 11.7 Å². The number of hydrogen-bond acceptors (Lipinski definition) is 4. The lowest BCUT2D eigenvalue weighted by molar-refractivity contribution is -0.134. The number of thioether (sulfide) groups is 1. The van der Waals surface area contributed by atoms with E-state index in [1.54, 1.807) is 27.8 Å². The third-order valence-corrected chi connectivity index (χ3v) is 5.67. The summed E-state index contributed by atoms with van der Waals surface area (Å²) in [5.41, 5.74) is 1.15. The number of carbonyl (C=O) groups is 2. The Kier molecular flexibility index (Phi) is 4.90. The van der Waals surface area contributed by atoms with Gasteiger partial charge in [-0.15, -0.1) is 0 Å². The molecular formula is C19H21FN4O2S. The second kappa shape index (κ2) is 7.34. The third kappa shape index (κ3) is 3.58. The minimum atomic E-state index is -0.325. The highest BCUT2D eigenvalue weighted by Crippen LogP contribution is 2.31. The summed E-state index contributed by atoms with van der Waals surface area (Å²) in [6.45, 7) is 2.17. The molecule has 8 heteroatoms. The van der Waals surface area contributed by atoms with Crippen LogP contribution < -0.4 is 0 Å². The van der Waals surface area contributed by atoms with Crippen molar-refractivity contribution < 1.29 is 14.0 Å². The number of benzene rings is 1. The molecule has 0 radical (unpaired) electrons. The molecule has 0 atom stereocenters. The standard InChI is InChI=1S/C19H21FN4O2S/c1-27-19-21-12-16(24(19)15-6-4-14(20)5-7-15)18(26)23-10-8-22(9-11-23)17(25)13-2-3-13/h4-7,12-13H,2-3,8-11H2,1H3. The van der Waals surface area contributed by atoms with Gasteiger partial charge in [-0.3, -0.25) is 14.2 Å². The first-order chi connectivity index (χ1) is 13.1. The average Bonchev–Trinajstić information content (AvgIpc) is 3.46. The quantitative estimate of drug-likeness (QED) is 0.755. The molecule has 1 saturated carbocycles. The van der Waals surface area contributed by atoms with E-state index in [-0.39, 0.29) is 23.5 Å². The maximum Gasteiger partial charge on any atom is 0.272 e. The van der Waals surface area contributed by atoms with Crippen molar-refractivity contribution >= 4 is 23.6 Å². The van der Waals surface area contributed by atoms with Crippen molar-refractivity contribution in [3.8, 4) is 5.69 Å². The first kappa shape index (κ1) is 18.0. The van der Waals surface area contributed by atoms with E-state index in [2.05, 4.69) is 4.98 Å². The van der Waals surface area contributed by atoms with Crippen LogP contribution in [0.15, 0.2) is 35.6 Å². The lowest BCUT2D eigenvalue weighted by atomic mass is 10.2. The molecule has 2 aliphatic rings. The number of amides is 2. The van der Waals surface area contributed by atoms with Crippen molar-refractivity contribution in [1.82, 2.24) is 19.4 Å². The molecule has 0 unspecified atom stereocenters. The molecule has 1 aliphatic heterocycles. The first-order valence-corrected chi connectivity index (χ1v) is 10.3. The Labute approximate surface area is 161 Å². The number of aromatic nitrogens is 2. The predicted molar refractivity (Wildman–Crippen MR) is 101 cm³/mol. The fraction of sp³-hybridized carbons (Fsp3) is 0.421. The van der Waals surface area contributed by atoms with E-state index in [9.17, 15) is 14.0 Å². The van der Waals surface area contributed by atoms with Crippen molar-refractivity contribution in [3.63, 3.8) is 0 Å². The molecule has 2 fully saturated rings. The van der Waals surface area contributed by atoms with E-state index in [0.717, 1.165) is 12.8 Å². The summed E-state index contributed by atoms with van der Waals surface area (Å²) in [4.78, 5) is 33.3. The summed E-state index contributed by atoms with van der Waals surface area (Å²) in [7, 11) is 0. The molecule has 4 rings (SSSR count). The highest BCUT2D eigenvalue weighted by atomic mass is 32.2. The molecule has 2 heterocycles. The topological polar surface area (TPSA) is 58.4 Å². The molecule has 1 aromatic carbocycles. The number of piperazine rings is 1. The normalized spacial score (nSPS) is 17.3. The summed E-state index contributed by atoms with van der Waals surface area (Å²) in [6.07, 6.45) is 5.44. The lowest BCUT2D eigenvalue weighted by Crippen LogP contribution is -2.51. The number of rotatable bonds is 4. The average molecular weight is 388 g/mol. The number of halogens is 1. The highest BCUT2D eigenvalue weighted by Gasteiger charge is 2.35. The Morgan fingerprint density at radius 2 is 1.70 bits per heavy atom. The zero-order valence-electron chi connectivity index (χ0n) is 15.1. The van der Waals surface area contributed by atoms with Crippen LogP contribution in [0.5, 0.6) is 0 Å². The minimum Gasteiger partial charge on any atom is -0.339 e. The largest absolute Gasteiger partial charge is 0.339 e. The zero-order chi connectivity index (χ0) is 19.0. The second-order valence-corrected chi connectivity index (χ2v) is 7.61. The van der Waals surface area contributed by atoms with Crippen LogP contribution in [0.25, 0.3) is 5.69 Å². The van der Waals surface area contributed by atoms with E-state index in [4.69, 9.17) is 0 Å². The van der Waals surface area contributed by atoms with Gasteiger partial charge in [-0.05, 0) is 43.4 Å². The van der Waals surface area contributed by atoms with E-state index >= 15 is 0 Å². The monoisotopic (exact) mass is 388 g/mol. The van der Waals surface area contributed by atoms with Gasteiger partial charge in [0.05, 0.1) is 6.20 Å². The number of nitrogens with zero attached hydrogens (tertiary/aromatic N) is 4. The Hall–Kier alpha value is -2.35. The fourth-order valence-corrected chi connectivity index (χ4v) is 3.89. The Bertz CT molecular complexity index is 855. The Morgan fingerprint density at radius 3 is 2.30 bits per heavy atom. The van der Waals surface area contributed by atoms with Gasteiger partial charge < -0.3 is 9.80 Å². The fourth-order valence-electron chi connectivity index (χ4n) is 3.35. The molecule has 0 bridgehead atoms. The van der Waals surface area contributed by atoms with Crippen molar-refractivity contribution in [2.75, 3.05) is 32.4 Å². The number of hydrogen-bond donors (Lipinski definition) is 0. The van der Waals surface area contributed by atoms with Gasteiger partial charge in [-0.2, -0.15) is 0 Å². The Morgan fingerprint density at radius 1 is 1.07 bits per heavy atom. The van der Waals surface area contributed by atoms with Gasteiger partial charge >= 0.3 is 0 Å². The molecule has 27 heavy (non-hydrogen) atoms. The van der Waals surface area contributed by atoms with Crippen LogP contribution in [0.1, 0.15) is 23.3 Å². The summed E-state index contributed by atoms with van der Waals surface area (Å²) >= 11 is 1.43. The number of imidazole rings is 1. The van der Waals surface area contributed by atoms with Crippen molar-refractivity contribution in [3.05, 3.63) is 42.0 Å². The molecule has 0 spiro atoms. The van der Waals surface area contributed by atoms with Crippen LogP contribution in [-0.4, -0.2) is 63.6 Å². The lowest BCUT2D eigenvalue weighted by Gasteiger charge is -2.35. The first-order valence-electron chi connectivity index (χ1n) is 9.04. The van der Waals surface area contributed by atoms with Gasteiger partial charge in [0.1, 0.15) is 11.5 Å². The molecule has 2 aromatic rings. The summed E-state index contributed by atoms with van der Waals surface area (Å²) < 4.78 is 15.0. The van der Waals surface area contributed by atoms with Gasteiger partial charge in [-0.1, -0.05) is 11.8 Å². The van der Waals surface area contributed by atoms with Crippen molar-refractivity contribution in [2.24, 2.45) is 5.92 Å². The van der Waals surface area contributed by atoms with Crippen molar-refractivity contribution in [2.45, 2.75) is 18.0 Å². The second-order valence-electron chi connectivity index (χ2n) is 6.83. The van der Waals surface area contributed by atoms with Crippen LogP contribution in [-0.2, 0) is 4.79 Å². The predicted octanol–water partition coefficient (Wildman–Crippen LogP) is 2.43. The maximum atomic E-state index is 13.3. The summed E-state index contributed by atoms with van der Waals surface area (Å²) in [5.74, 6) is -0.0149. The van der Waals surface area contributed by atoms with E-state index in [1.807, 2.05) is 11.2 Å². The molecule has 142 valence electrons. The van der Waals surface area contributed by atoms with E-state index < -0.39 is 0 Å². The van der Waals surface area contributed by atoms with Crippen LogP contribution in [0.3, 0.4) is 0 Å². The van der Waals surface area contributed by atoms with Gasteiger partial charge in [0, 0.05) is 37.8 Å². The Balaban J connectivity index is 1.53. The van der Waals surface area contributed by atoms with E-state index in [0.29, 0.717) is 42.7 Å². The highest BCUT2D eigenvalue weighted by molar-refractivity contribution is 7.98. The maximum absolute atomic E-state index is 13.3. The van der Waals surface area contributed by atoms with E-state index in [1.165, 1.54) is 23.9 Å². The van der Waals surface area contributed by atoms with Gasteiger partial charge in [0.15, 0.2) is 5.16 Å². The SMILES string of the molecule is CSc1ncc(C(=O)N2CCN(C(=O)C3CC3)CC2)n1-c1ccc(F)cc1. The molecule has 1 aromatic heterocycles. The van der Waals surface area contributed by atoms with Crippen molar-refractivity contribution in [1.29, 1.82) is 0 Å². The molecular weight excluding hydrogens is 367 g/mol. The molecule has 1 saturated heterocycles. The molecule has 0 N–H and O–H groups in total. The smallest absolute Gasteiger partial charge is 0.272 e. The molecule has 2 amide bonds. The third-order valence-electron chi connectivity index (χ3n) is 5.02. The molecule has 1 aliphatic carbocycles. The van der Waals surface area contributed by atoms with Gasteiger partial charge in [0.2, 0.25) is 5.91 Å².